The second kappa shape index (κ2) is 4.33. The monoisotopic (exact) mass is 231 g/mol. The average molecular weight is 231 g/mol. The highest BCUT2D eigenvalue weighted by Gasteiger charge is 2.11. The van der Waals surface area contributed by atoms with E-state index in [2.05, 4.69) is 0 Å². The number of nitrogens with two attached hydrogens (primary N) is 1. The fourth-order valence-electron chi connectivity index (χ4n) is 1.77. The Bertz CT molecular complexity index is 578. The Balaban J connectivity index is 2.60. The van der Waals surface area contributed by atoms with E-state index in [1.807, 2.05) is 0 Å². The second-order valence-corrected chi connectivity index (χ2v) is 3.66. The van der Waals surface area contributed by atoms with Gasteiger partial charge in [-0.1, -0.05) is 12.1 Å². The summed E-state index contributed by atoms with van der Waals surface area (Å²) in [6.45, 7) is 2.03. The van der Waals surface area contributed by atoms with Crippen LogP contribution >= 0.6 is 0 Å². The normalized spacial score (nSPS) is 10.4. The number of esters is 1. The Kier molecular flexibility index (Phi) is 2.87. The zero-order chi connectivity index (χ0) is 12.4. The molecule has 0 spiro atoms. The fraction of sp³-hybridized carbons (Fsp3) is 0.154. The molecule has 4 heteroatoms. The molecule has 88 valence electrons. The molecule has 17 heavy (non-hydrogen) atoms. The first-order chi connectivity index (χ1) is 8.13. The third kappa shape index (κ3) is 2.01. The van der Waals surface area contributed by atoms with Crippen LogP contribution in [0.15, 0.2) is 30.3 Å². The van der Waals surface area contributed by atoms with Crippen molar-refractivity contribution in [3.05, 3.63) is 35.9 Å². The van der Waals surface area contributed by atoms with Gasteiger partial charge in [-0.3, -0.25) is 0 Å². The minimum absolute atomic E-state index is 0.0105. The number of phenols is 1. The zero-order valence-corrected chi connectivity index (χ0v) is 9.43. The van der Waals surface area contributed by atoms with Gasteiger partial charge < -0.3 is 15.6 Å². The Morgan fingerprint density at radius 1 is 1.41 bits per heavy atom. The largest absolute Gasteiger partial charge is 0.507 e. The van der Waals surface area contributed by atoms with E-state index in [9.17, 15) is 9.90 Å². The van der Waals surface area contributed by atoms with E-state index in [0.29, 0.717) is 28.6 Å². The standard InChI is InChI=1S/C13H13NO3/c1-2-17-13(16)9-6-8-4-3-5-10(14)12(8)11(15)7-9/h3-7,15H,2,14H2,1H3. The Hall–Kier alpha value is -2.23. The van der Waals surface area contributed by atoms with Crippen LogP contribution in [0.5, 0.6) is 5.75 Å². The zero-order valence-electron chi connectivity index (χ0n) is 9.43. The van der Waals surface area contributed by atoms with Gasteiger partial charge in [-0.2, -0.15) is 0 Å². The van der Waals surface area contributed by atoms with Crippen LogP contribution in [0.3, 0.4) is 0 Å². The number of phenolic OH excluding ortho intramolecular Hbond substituents is 1. The van der Waals surface area contributed by atoms with Crippen LogP contribution in [0, 0.1) is 0 Å². The van der Waals surface area contributed by atoms with Crippen molar-refractivity contribution in [2.75, 3.05) is 12.3 Å². The third-order valence-corrected chi connectivity index (χ3v) is 2.50. The van der Waals surface area contributed by atoms with Crippen molar-refractivity contribution in [1.82, 2.24) is 0 Å². The minimum Gasteiger partial charge on any atom is -0.507 e. The van der Waals surface area contributed by atoms with Gasteiger partial charge in [-0.25, -0.2) is 4.79 Å². The number of ether oxygens (including phenoxy) is 1. The van der Waals surface area contributed by atoms with Crippen LogP contribution in [0.2, 0.25) is 0 Å². The predicted molar refractivity (Wildman–Crippen MR) is 66.0 cm³/mol. The van der Waals surface area contributed by atoms with E-state index >= 15 is 0 Å². The summed E-state index contributed by atoms with van der Waals surface area (Å²) in [4.78, 5) is 11.6. The van der Waals surface area contributed by atoms with Crippen LogP contribution in [0.4, 0.5) is 5.69 Å². The van der Waals surface area contributed by atoms with E-state index in [4.69, 9.17) is 10.5 Å². The molecular formula is C13H13NO3. The van der Waals surface area contributed by atoms with E-state index in [-0.39, 0.29) is 5.75 Å². The van der Waals surface area contributed by atoms with Crippen LogP contribution < -0.4 is 5.73 Å². The van der Waals surface area contributed by atoms with Gasteiger partial charge in [0.2, 0.25) is 0 Å². The first-order valence-electron chi connectivity index (χ1n) is 5.32. The van der Waals surface area contributed by atoms with Crippen molar-refractivity contribution < 1.29 is 14.6 Å². The first-order valence-corrected chi connectivity index (χ1v) is 5.32. The van der Waals surface area contributed by atoms with E-state index < -0.39 is 5.97 Å². The Morgan fingerprint density at radius 3 is 2.88 bits per heavy atom. The highest BCUT2D eigenvalue weighted by Crippen LogP contribution is 2.31. The molecule has 0 bridgehead atoms. The maximum Gasteiger partial charge on any atom is 0.338 e. The van der Waals surface area contributed by atoms with Crippen molar-refractivity contribution in [2.24, 2.45) is 0 Å². The van der Waals surface area contributed by atoms with Gasteiger partial charge in [0.15, 0.2) is 0 Å². The smallest absolute Gasteiger partial charge is 0.338 e. The topological polar surface area (TPSA) is 72.5 Å². The molecule has 0 atom stereocenters. The molecule has 0 aliphatic heterocycles. The number of carbonyl (C=O) groups excluding carboxylic acids is 1. The number of benzene rings is 2. The molecule has 3 N–H and O–H groups in total. The summed E-state index contributed by atoms with van der Waals surface area (Å²) in [5.41, 5.74) is 6.57. The van der Waals surface area contributed by atoms with E-state index in [1.165, 1.54) is 6.07 Å². The number of rotatable bonds is 2. The number of hydrogen-bond donors (Lipinski definition) is 2. The number of anilines is 1. The molecule has 2 aromatic carbocycles. The van der Waals surface area contributed by atoms with Gasteiger partial charge in [0, 0.05) is 11.1 Å². The molecule has 0 fully saturated rings. The van der Waals surface area contributed by atoms with Crippen LogP contribution in [0.1, 0.15) is 17.3 Å². The van der Waals surface area contributed by atoms with Crippen molar-refractivity contribution >= 4 is 22.4 Å². The lowest BCUT2D eigenvalue weighted by molar-refractivity contribution is 0.0526. The molecule has 0 saturated heterocycles. The summed E-state index contributed by atoms with van der Waals surface area (Å²) in [7, 11) is 0. The number of carbonyl (C=O) groups is 1. The van der Waals surface area contributed by atoms with Gasteiger partial charge in [-0.15, -0.1) is 0 Å². The summed E-state index contributed by atoms with van der Waals surface area (Å²) in [6.07, 6.45) is 0. The van der Waals surface area contributed by atoms with Crippen molar-refractivity contribution in [1.29, 1.82) is 0 Å². The van der Waals surface area contributed by atoms with Crippen molar-refractivity contribution in [2.45, 2.75) is 6.92 Å². The second-order valence-electron chi connectivity index (χ2n) is 3.66. The first kappa shape index (κ1) is 11.3. The molecule has 0 aliphatic carbocycles. The maximum atomic E-state index is 11.6. The lowest BCUT2D eigenvalue weighted by atomic mass is 10.0. The van der Waals surface area contributed by atoms with Gasteiger partial charge >= 0.3 is 5.97 Å². The lowest BCUT2D eigenvalue weighted by Crippen LogP contribution is -2.04. The minimum atomic E-state index is -0.452. The Labute approximate surface area is 98.6 Å². The molecular weight excluding hydrogens is 218 g/mol. The number of aromatic hydroxyl groups is 1. The van der Waals surface area contributed by atoms with E-state index in [0.717, 1.165) is 0 Å². The van der Waals surface area contributed by atoms with Gasteiger partial charge in [0.1, 0.15) is 5.75 Å². The molecule has 0 aliphatic rings. The van der Waals surface area contributed by atoms with E-state index in [1.54, 1.807) is 31.2 Å². The summed E-state index contributed by atoms with van der Waals surface area (Å²) in [5.74, 6) is -0.462. The molecule has 0 saturated carbocycles. The summed E-state index contributed by atoms with van der Waals surface area (Å²) in [5, 5.41) is 11.1. The number of fused-ring (bicyclic) bond motifs is 1. The van der Waals surface area contributed by atoms with Gasteiger partial charge in [0.25, 0.3) is 0 Å². The average Bonchev–Trinajstić information content (AvgIpc) is 2.29. The summed E-state index contributed by atoms with van der Waals surface area (Å²) >= 11 is 0. The fourth-order valence-corrected chi connectivity index (χ4v) is 1.77. The molecule has 2 rings (SSSR count). The van der Waals surface area contributed by atoms with Crippen LogP contribution in [0.25, 0.3) is 10.8 Å². The lowest BCUT2D eigenvalue weighted by Gasteiger charge is -2.07. The molecule has 0 radical (unpaired) electrons. The third-order valence-electron chi connectivity index (χ3n) is 2.50. The SMILES string of the molecule is CCOC(=O)c1cc(O)c2c(N)cccc2c1. The molecule has 0 heterocycles. The molecule has 2 aromatic rings. The van der Waals surface area contributed by atoms with Crippen molar-refractivity contribution in [3.8, 4) is 5.75 Å². The summed E-state index contributed by atoms with van der Waals surface area (Å²) < 4.78 is 4.88. The highest BCUT2D eigenvalue weighted by molar-refractivity contribution is 6.02. The number of nitrogen functional groups attached to an aromatic ring is 1. The Morgan fingerprint density at radius 2 is 2.18 bits per heavy atom. The van der Waals surface area contributed by atoms with Crippen LogP contribution in [-0.4, -0.2) is 17.7 Å². The number of hydrogen-bond acceptors (Lipinski definition) is 4. The van der Waals surface area contributed by atoms with Gasteiger partial charge in [-0.05, 0) is 30.5 Å². The van der Waals surface area contributed by atoms with Gasteiger partial charge in [0.05, 0.1) is 12.2 Å². The molecule has 0 aromatic heterocycles. The molecule has 4 nitrogen and oxygen atoms in total. The maximum absolute atomic E-state index is 11.6. The highest BCUT2D eigenvalue weighted by atomic mass is 16.5. The molecule has 0 unspecified atom stereocenters. The predicted octanol–water partition coefficient (Wildman–Crippen LogP) is 2.30. The quantitative estimate of drug-likeness (QED) is 0.614. The van der Waals surface area contributed by atoms with Crippen molar-refractivity contribution in [3.63, 3.8) is 0 Å². The molecule has 0 amide bonds. The van der Waals surface area contributed by atoms with Crippen LogP contribution in [-0.2, 0) is 4.74 Å². The summed E-state index contributed by atoms with van der Waals surface area (Å²) in [6, 6.07) is 8.28.